The first-order valence-corrected chi connectivity index (χ1v) is 10.8. The number of carbonyl (C=O) groups excluding carboxylic acids is 3. The molecule has 5 N–H and O–H groups in total. The van der Waals surface area contributed by atoms with Crippen LogP contribution < -0.4 is 36.5 Å². The Bertz CT molecular complexity index is 969. The van der Waals surface area contributed by atoms with Crippen LogP contribution in [0.3, 0.4) is 0 Å². The Morgan fingerprint density at radius 2 is 1.67 bits per heavy atom. The summed E-state index contributed by atoms with van der Waals surface area (Å²) in [6.45, 7) is 4.27. The van der Waals surface area contributed by atoms with Gasteiger partial charge in [-0.05, 0) is 44.0 Å². The second-order valence-corrected chi connectivity index (χ2v) is 7.29. The van der Waals surface area contributed by atoms with Crippen molar-refractivity contribution < 1.29 is 23.9 Å². The minimum Gasteiger partial charge on any atom is -0.490 e. The molecular formula is C23H29N5O5. The van der Waals surface area contributed by atoms with Crippen LogP contribution in [0.1, 0.15) is 42.2 Å². The van der Waals surface area contributed by atoms with Crippen molar-refractivity contribution in [3.8, 4) is 11.5 Å². The molecule has 2 atom stereocenters. The molecule has 33 heavy (non-hydrogen) atoms. The first-order chi connectivity index (χ1) is 16.0. The Kier molecular flexibility index (Phi) is 8.62. The number of benzene rings is 2. The molecule has 10 heteroatoms. The standard InChI is InChI=1S/C23H29N5O5/c1-3-32-19-11-10-16(12-20(19)33-4-2)22(30)24-14-21(29)27-28-23(31)18-13-17(25-26-18)15-8-6-5-7-9-15/h5-12,17-18,25-26H,3-4,13-14H2,1-2H3,(H,24,30)(H,27,29)(H,28,31). The zero-order chi connectivity index (χ0) is 23.6. The van der Waals surface area contributed by atoms with Crippen molar-refractivity contribution in [2.45, 2.75) is 32.4 Å². The third-order valence-electron chi connectivity index (χ3n) is 4.96. The smallest absolute Gasteiger partial charge is 0.257 e. The topological polar surface area (TPSA) is 130 Å². The lowest BCUT2D eigenvalue weighted by molar-refractivity contribution is -0.129. The van der Waals surface area contributed by atoms with E-state index in [0.29, 0.717) is 36.7 Å². The molecule has 0 bridgehead atoms. The maximum absolute atomic E-state index is 12.4. The van der Waals surface area contributed by atoms with E-state index < -0.39 is 17.9 Å². The van der Waals surface area contributed by atoms with Gasteiger partial charge in [0.1, 0.15) is 6.04 Å². The molecule has 0 spiro atoms. The number of ether oxygens (including phenoxy) is 2. The number of rotatable bonds is 9. The van der Waals surface area contributed by atoms with Crippen LogP contribution in [0.25, 0.3) is 0 Å². The molecule has 2 aromatic rings. The predicted octanol–water partition coefficient (Wildman–Crippen LogP) is 0.969. The average molecular weight is 456 g/mol. The first-order valence-electron chi connectivity index (χ1n) is 10.8. The number of nitrogens with one attached hydrogen (secondary N) is 5. The molecule has 0 aromatic heterocycles. The minimum atomic E-state index is -0.557. The maximum Gasteiger partial charge on any atom is 0.257 e. The maximum atomic E-state index is 12.4. The number of amides is 3. The van der Waals surface area contributed by atoms with E-state index in [0.717, 1.165) is 5.56 Å². The van der Waals surface area contributed by atoms with Crippen molar-refractivity contribution in [3.05, 3.63) is 59.7 Å². The summed E-state index contributed by atoms with van der Waals surface area (Å²) in [6, 6.07) is 14.0. The van der Waals surface area contributed by atoms with Crippen LogP contribution in [-0.2, 0) is 9.59 Å². The lowest BCUT2D eigenvalue weighted by Gasteiger charge is -2.13. The Morgan fingerprint density at radius 1 is 0.939 bits per heavy atom. The molecule has 1 saturated heterocycles. The molecule has 10 nitrogen and oxygen atoms in total. The highest BCUT2D eigenvalue weighted by atomic mass is 16.5. The number of hydrazine groups is 2. The largest absolute Gasteiger partial charge is 0.490 e. The van der Waals surface area contributed by atoms with E-state index in [1.165, 1.54) is 0 Å². The van der Waals surface area contributed by atoms with Crippen molar-refractivity contribution in [2.75, 3.05) is 19.8 Å². The summed E-state index contributed by atoms with van der Waals surface area (Å²) < 4.78 is 11.0. The van der Waals surface area contributed by atoms with Gasteiger partial charge in [-0.3, -0.25) is 25.2 Å². The van der Waals surface area contributed by atoms with Gasteiger partial charge in [0.05, 0.1) is 19.8 Å². The van der Waals surface area contributed by atoms with Gasteiger partial charge in [0.2, 0.25) is 0 Å². The van der Waals surface area contributed by atoms with E-state index in [2.05, 4.69) is 27.0 Å². The molecule has 2 aromatic carbocycles. The Balaban J connectivity index is 1.43. The summed E-state index contributed by atoms with van der Waals surface area (Å²) in [5.74, 6) is -0.393. The lowest BCUT2D eigenvalue weighted by atomic mass is 10.0. The SMILES string of the molecule is CCOc1ccc(C(=O)NCC(=O)NNC(=O)C2CC(c3ccccc3)NN2)cc1OCC. The molecule has 1 aliphatic heterocycles. The van der Waals surface area contributed by atoms with Crippen LogP contribution in [0.15, 0.2) is 48.5 Å². The molecule has 0 saturated carbocycles. The molecule has 3 rings (SSSR count). The molecule has 3 amide bonds. The third-order valence-corrected chi connectivity index (χ3v) is 4.96. The summed E-state index contributed by atoms with van der Waals surface area (Å²) >= 11 is 0. The minimum absolute atomic E-state index is 0.00682. The molecular weight excluding hydrogens is 426 g/mol. The van der Waals surface area contributed by atoms with Crippen molar-refractivity contribution >= 4 is 17.7 Å². The van der Waals surface area contributed by atoms with Crippen LogP contribution in [0, 0.1) is 0 Å². The van der Waals surface area contributed by atoms with Gasteiger partial charge in [0, 0.05) is 11.6 Å². The van der Waals surface area contributed by atoms with Crippen molar-refractivity contribution in [2.24, 2.45) is 0 Å². The summed E-state index contributed by atoms with van der Waals surface area (Å²) in [7, 11) is 0. The van der Waals surface area contributed by atoms with Gasteiger partial charge in [-0.2, -0.15) is 0 Å². The summed E-state index contributed by atoms with van der Waals surface area (Å²) in [4.78, 5) is 36.8. The highest BCUT2D eigenvalue weighted by Gasteiger charge is 2.30. The van der Waals surface area contributed by atoms with Crippen LogP contribution in [0.5, 0.6) is 11.5 Å². The summed E-state index contributed by atoms with van der Waals surface area (Å²) in [5, 5.41) is 2.51. The molecule has 0 radical (unpaired) electrons. The molecule has 1 fully saturated rings. The zero-order valence-corrected chi connectivity index (χ0v) is 18.6. The number of hydrogen-bond acceptors (Lipinski definition) is 7. The van der Waals surface area contributed by atoms with E-state index >= 15 is 0 Å². The average Bonchev–Trinajstić information content (AvgIpc) is 3.33. The fourth-order valence-corrected chi connectivity index (χ4v) is 3.35. The Hall–Kier alpha value is -3.63. The van der Waals surface area contributed by atoms with Crippen LogP contribution in [0.2, 0.25) is 0 Å². The van der Waals surface area contributed by atoms with Gasteiger partial charge in [-0.15, -0.1) is 0 Å². The fraction of sp³-hybridized carbons (Fsp3) is 0.348. The van der Waals surface area contributed by atoms with Gasteiger partial charge in [-0.1, -0.05) is 30.3 Å². The quantitative estimate of drug-likeness (QED) is 0.356. The first kappa shape index (κ1) is 24.0. The lowest BCUT2D eigenvalue weighted by Crippen LogP contribution is -2.52. The fourth-order valence-electron chi connectivity index (χ4n) is 3.35. The van der Waals surface area contributed by atoms with E-state index in [1.807, 2.05) is 44.2 Å². The second-order valence-electron chi connectivity index (χ2n) is 7.29. The Labute approximate surface area is 192 Å². The van der Waals surface area contributed by atoms with Gasteiger partial charge < -0.3 is 14.8 Å². The van der Waals surface area contributed by atoms with Crippen LogP contribution >= 0.6 is 0 Å². The van der Waals surface area contributed by atoms with Gasteiger partial charge in [0.15, 0.2) is 11.5 Å². The van der Waals surface area contributed by atoms with Crippen molar-refractivity contribution in [3.63, 3.8) is 0 Å². The highest BCUT2D eigenvalue weighted by Crippen LogP contribution is 2.28. The molecule has 0 aliphatic carbocycles. The zero-order valence-electron chi connectivity index (χ0n) is 18.6. The monoisotopic (exact) mass is 455 g/mol. The molecule has 2 unspecified atom stereocenters. The Morgan fingerprint density at radius 3 is 2.39 bits per heavy atom. The summed E-state index contributed by atoms with van der Waals surface area (Å²) in [5.41, 5.74) is 12.1. The number of carbonyl (C=O) groups is 3. The van der Waals surface area contributed by atoms with Crippen LogP contribution in [0.4, 0.5) is 0 Å². The van der Waals surface area contributed by atoms with E-state index in [-0.39, 0.29) is 18.5 Å². The highest BCUT2D eigenvalue weighted by molar-refractivity contribution is 5.97. The summed E-state index contributed by atoms with van der Waals surface area (Å²) in [6.07, 6.45) is 0.530. The van der Waals surface area contributed by atoms with Crippen molar-refractivity contribution in [1.82, 2.24) is 27.0 Å². The molecule has 176 valence electrons. The van der Waals surface area contributed by atoms with E-state index in [4.69, 9.17) is 9.47 Å². The third kappa shape index (κ3) is 6.67. The van der Waals surface area contributed by atoms with Gasteiger partial charge >= 0.3 is 0 Å². The normalized spacial score (nSPS) is 17.2. The van der Waals surface area contributed by atoms with Crippen molar-refractivity contribution in [1.29, 1.82) is 0 Å². The van der Waals surface area contributed by atoms with Gasteiger partial charge in [0.25, 0.3) is 17.7 Å². The predicted molar refractivity (Wildman–Crippen MR) is 121 cm³/mol. The van der Waals surface area contributed by atoms with E-state index in [9.17, 15) is 14.4 Å². The molecule has 1 heterocycles. The second kappa shape index (κ2) is 11.8. The van der Waals surface area contributed by atoms with E-state index in [1.54, 1.807) is 18.2 Å². The van der Waals surface area contributed by atoms with Gasteiger partial charge in [-0.25, -0.2) is 10.9 Å². The van der Waals surface area contributed by atoms with Crippen LogP contribution in [-0.4, -0.2) is 43.5 Å². The number of hydrogen-bond donors (Lipinski definition) is 5. The molecule has 1 aliphatic rings.